The van der Waals surface area contributed by atoms with Crippen molar-refractivity contribution in [2.45, 2.75) is 25.4 Å². The Kier molecular flexibility index (Phi) is 9.13. The number of unbranched alkanes of at least 4 members (excludes halogenated alkanes) is 1. The Hall–Kier alpha value is -1.23. The number of guanidine groups is 1. The number of hydrogen-bond acceptors (Lipinski definition) is 5. The Morgan fingerprint density at radius 1 is 1.11 bits per heavy atom. The standard InChI is InChI=1S/C19H28F3N5.HI/c20-19(21,22)16-5-3-6-17(15-16)27-13-11-26(12-14-27)10-2-1-7-23-18-24-8-4-9-25-18;/h3,5-6,15H,1-2,4,7-14H2,(H2,23,24,25);1H. The van der Waals surface area contributed by atoms with Gasteiger partial charge in [0.1, 0.15) is 0 Å². The molecule has 0 aromatic heterocycles. The van der Waals surface area contributed by atoms with Crippen molar-refractivity contribution in [1.82, 2.24) is 15.5 Å². The summed E-state index contributed by atoms with van der Waals surface area (Å²) in [7, 11) is 0. The topological polar surface area (TPSA) is 42.9 Å². The third-order valence-corrected chi connectivity index (χ3v) is 5.00. The third-order valence-electron chi connectivity index (χ3n) is 5.00. The Morgan fingerprint density at radius 2 is 1.89 bits per heavy atom. The molecule has 9 heteroatoms. The predicted molar refractivity (Wildman–Crippen MR) is 118 cm³/mol. The molecular weight excluding hydrogens is 482 g/mol. The molecule has 0 atom stereocenters. The van der Waals surface area contributed by atoms with Crippen LogP contribution in [0.3, 0.4) is 0 Å². The lowest BCUT2D eigenvalue weighted by atomic mass is 10.1. The van der Waals surface area contributed by atoms with Gasteiger partial charge in [0, 0.05) is 51.5 Å². The second kappa shape index (κ2) is 11.1. The van der Waals surface area contributed by atoms with Crippen LogP contribution in [0.15, 0.2) is 29.3 Å². The first-order valence-electron chi connectivity index (χ1n) is 9.69. The summed E-state index contributed by atoms with van der Waals surface area (Å²) >= 11 is 0. The van der Waals surface area contributed by atoms with Crippen LogP contribution in [0.2, 0.25) is 0 Å². The fraction of sp³-hybridized carbons (Fsp3) is 0.632. The van der Waals surface area contributed by atoms with Crippen molar-refractivity contribution in [3.63, 3.8) is 0 Å². The summed E-state index contributed by atoms with van der Waals surface area (Å²) in [6.07, 6.45) is -1.01. The number of aliphatic imine (C=N–C) groups is 1. The normalized spacial score (nSPS) is 18.1. The van der Waals surface area contributed by atoms with Gasteiger partial charge in [-0.15, -0.1) is 24.0 Å². The van der Waals surface area contributed by atoms with Gasteiger partial charge in [-0.2, -0.15) is 13.2 Å². The van der Waals surface area contributed by atoms with Gasteiger partial charge in [0.2, 0.25) is 0 Å². The number of hydrogen-bond donors (Lipinski definition) is 2. The van der Waals surface area contributed by atoms with E-state index in [2.05, 4.69) is 20.5 Å². The molecule has 5 nitrogen and oxygen atoms in total. The number of piperazine rings is 1. The fourth-order valence-corrected chi connectivity index (χ4v) is 3.43. The highest BCUT2D eigenvalue weighted by atomic mass is 127. The molecule has 2 heterocycles. The van der Waals surface area contributed by atoms with Crippen LogP contribution >= 0.6 is 24.0 Å². The lowest BCUT2D eigenvalue weighted by molar-refractivity contribution is -0.137. The molecule has 0 saturated carbocycles. The second-order valence-corrected chi connectivity index (χ2v) is 7.02. The van der Waals surface area contributed by atoms with Gasteiger partial charge in [-0.05, 0) is 44.0 Å². The summed E-state index contributed by atoms with van der Waals surface area (Å²) in [5.74, 6) is 0.913. The average Bonchev–Trinajstić information content (AvgIpc) is 2.68. The van der Waals surface area contributed by atoms with Gasteiger partial charge in [0.05, 0.1) is 5.56 Å². The molecule has 0 bridgehead atoms. The minimum Gasteiger partial charge on any atom is -0.369 e. The van der Waals surface area contributed by atoms with Crippen LogP contribution in [0.4, 0.5) is 18.9 Å². The SMILES string of the molecule is FC(F)(F)c1cccc(N2CCN(CCCCNC3=NCCCN3)CC2)c1.I. The number of anilines is 1. The van der Waals surface area contributed by atoms with E-state index in [9.17, 15) is 13.2 Å². The number of nitrogens with zero attached hydrogens (tertiary/aromatic N) is 3. The Morgan fingerprint density at radius 3 is 2.57 bits per heavy atom. The fourth-order valence-electron chi connectivity index (χ4n) is 3.43. The van der Waals surface area contributed by atoms with Crippen molar-refractivity contribution in [3.8, 4) is 0 Å². The zero-order valence-electron chi connectivity index (χ0n) is 16.0. The summed E-state index contributed by atoms with van der Waals surface area (Å²) < 4.78 is 38.6. The Balaban J connectivity index is 0.00000280. The zero-order valence-corrected chi connectivity index (χ0v) is 18.3. The van der Waals surface area contributed by atoms with Gasteiger partial charge >= 0.3 is 6.18 Å². The minimum absolute atomic E-state index is 0. The van der Waals surface area contributed by atoms with Crippen molar-refractivity contribution in [2.75, 3.05) is 57.3 Å². The molecule has 2 aliphatic heterocycles. The summed E-state index contributed by atoms with van der Waals surface area (Å²) in [5, 5.41) is 6.57. The number of rotatable bonds is 6. The van der Waals surface area contributed by atoms with Crippen molar-refractivity contribution >= 4 is 35.6 Å². The molecule has 2 N–H and O–H groups in total. The molecule has 1 saturated heterocycles. The average molecular weight is 511 g/mol. The van der Waals surface area contributed by atoms with Gasteiger partial charge in [0.15, 0.2) is 5.96 Å². The van der Waals surface area contributed by atoms with E-state index in [1.807, 2.05) is 4.90 Å². The largest absolute Gasteiger partial charge is 0.416 e. The van der Waals surface area contributed by atoms with E-state index in [0.717, 1.165) is 83.6 Å². The van der Waals surface area contributed by atoms with Crippen LogP contribution in [0.25, 0.3) is 0 Å². The van der Waals surface area contributed by atoms with E-state index < -0.39 is 11.7 Å². The first-order chi connectivity index (χ1) is 13.0. The van der Waals surface area contributed by atoms with E-state index in [1.165, 1.54) is 12.1 Å². The quantitative estimate of drug-likeness (QED) is 0.455. The van der Waals surface area contributed by atoms with Gasteiger partial charge < -0.3 is 15.5 Å². The first-order valence-corrected chi connectivity index (χ1v) is 9.69. The molecule has 3 rings (SSSR count). The molecule has 2 aliphatic rings. The molecule has 0 unspecified atom stereocenters. The molecule has 0 spiro atoms. The van der Waals surface area contributed by atoms with Crippen molar-refractivity contribution in [2.24, 2.45) is 4.99 Å². The lowest BCUT2D eigenvalue weighted by Crippen LogP contribution is -2.46. The lowest BCUT2D eigenvalue weighted by Gasteiger charge is -2.36. The first kappa shape index (κ1) is 23.1. The Bertz CT molecular complexity index is 630. The summed E-state index contributed by atoms with van der Waals surface area (Å²) in [4.78, 5) is 8.81. The van der Waals surface area contributed by atoms with Crippen LogP contribution < -0.4 is 15.5 Å². The number of nitrogens with one attached hydrogen (secondary N) is 2. The number of benzene rings is 1. The summed E-state index contributed by atoms with van der Waals surface area (Å²) in [6, 6.07) is 5.63. The van der Waals surface area contributed by atoms with E-state index in [0.29, 0.717) is 5.69 Å². The van der Waals surface area contributed by atoms with E-state index in [-0.39, 0.29) is 24.0 Å². The van der Waals surface area contributed by atoms with E-state index >= 15 is 0 Å². The number of halogens is 4. The van der Waals surface area contributed by atoms with Crippen LogP contribution in [0.1, 0.15) is 24.8 Å². The molecule has 158 valence electrons. The molecule has 1 aromatic carbocycles. The van der Waals surface area contributed by atoms with Crippen molar-refractivity contribution in [1.29, 1.82) is 0 Å². The smallest absolute Gasteiger partial charge is 0.369 e. The van der Waals surface area contributed by atoms with Crippen molar-refractivity contribution in [3.05, 3.63) is 29.8 Å². The van der Waals surface area contributed by atoms with Crippen LogP contribution in [0, 0.1) is 0 Å². The highest BCUT2D eigenvalue weighted by Crippen LogP contribution is 2.31. The maximum absolute atomic E-state index is 12.9. The molecule has 28 heavy (non-hydrogen) atoms. The molecular formula is C19H29F3IN5. The van der Waals surface area contributed by atoms with Gasteiger partial charge in [-0.1, -0.05) is 6.07 Å². The van der Waals surface area contributed by atoms with Gasteiger partial charge in [-0.25, -0.2) is 0 Å². The molecule has 0 amide bonds. The minimum atomic E-state index is -4.29. The molecule has 0 radical (unpaired) electrons. The van der Waals surface area contributed by atoms with Crippen LogP contribution in [-0.4, -0.2) is 63.2 Å². The van der Waals surface area contributed by atoms with Gasteiger partial charge in [-0.3, -0.25) is 9.89 Å². The van der Waals surface area contributed by atoms with Crippen LogP contribution in [-0.2, 0) is 6.18 Å². The van der Waals surface area contributed by atoms with E-state index in [4.69, 9.17) is 0 Å². The molecule has 1 fully saturated rings. The monoisotopic (exact) mass is 511 g/mol. The van der Waals surface area contributed by atoms with Gasteiger partial charge in [0.25, 0.3) is 0 Å². The third kappa shape index (κ3) is 6.98. The maximum Gasteiger partial charge on any atom is 0.416 e. The van der Waals surface area contributed by atoms with E-state index in [1.54, 1.807) is 6.07 Å². The molecule has 1 aromatic rings. The summed E-state index contributed by atoms with van der Waals surface area (Å²) in [5.41, 5.74) is 0.0846. The maximum atomic E-state index is 12.9. The highest BCUT2D eigenvalue weighted by Gasteiger charge is 2.31. The zero-order chi connectivity index (χ0) is 19.1. The Labute approximate surface area is 181 Å². The van der Waals surface area contributed by atoms with Crippen LogP contribution in [0.5, 0.6) is 0 Å². The molecule has 0 aliphatic carbocycles. The highest BCUT2D eigenvalue weighted by molar-refractivity contribution is 14.0. The second-order valence-electron chi connectivity index (χ2n) is 7.02. The number of alkyl halides is 3. The predicted octanol–water partition coefficient (Wildman–Crippen LogP) is 3.16. The van der Waals surface area contributed by atoms with Crippen molar-refractivity contribution < 1.29 is 13.2 Å². The summed E-state index contributed by atoms with van der Waals surface area (Å²) in [6.45, 7) is 7.12.